The molecule has 0 aliphatic carbocycles. The molecule has 6 heteroatoms. The maximum Gasteiger partial charge on any atom is 0.191 e. The SMILES string of the molecule is CCNC(=NCc1ncc(C)c(OC)c1C)NC(C)C.I. The number of methoxy groups -OCH3 is 1. The predicted molar refractivity (Wildman–Crippen MR) is 98.8 cm³/mol. The first-order chi connectivity index (χ1) is 9.49. The monoisotopic (exact) mass is 406 g/mol. The van der Waals surface area contributed by atoms with E-state index in [0.29, 0.717) is 12.6 Å². The molecule has 0 spiro atoms. The minimum Gasteiger partial charge on any atom is -0.496 e. The van der Waals surface area contributed by atoms with Gasteiger partial charge in [-0.15, -0.1) is 24.0 Å². The van der Waals surface area contributed by atoms with Crippen LogP contribution in [0.25, 0.3) is 0 Å². The number of aryl methyl sites for hydroxylation is 1. The first kappa shape index (κ1) is 19.9. The minimum atomic E-state index is 0. The Labute approximate surface area is 145 Å². The number of aliphatic imine (C=N–C) groups is 1. The molecular formula is C15H27IN4O. The van der Waals surface area contributed by atoms with Gasteiger partial charge in [0.2, 0.25) is 0 Å². The van der Waals surface area contributed by atoms with Crippen molar-refractivity contribution >= 4 is 29.9 Å². The van der Waals surface area contributed by atoms with Gasteiger partial charge in [0.05, 0.1) is 19.3 Å². The van der Waals surface area contributed by atoms with Crippen molar-refractivity contribution in [1.82, 2.24) is 15.6 Å². The van der Waals surface area contributed by atoms with Crippen LogP contribution in [0.2, 0.25) is 0 Å². The number of hydrogen-bond donors (Lipinski definition) is 2. The number of nitrogens with one attached hydrogen (secondary N) is 2. The zero-order chi connectivity index (χ0) is 15.1. The van der Waals surface area contributed by atoms with Crippen LogP contribution in [0.15, 0.2) is 11.2 Å². The van der Waals surface area contributed by atoms with Crippen LogP contribution < -0.4 is 15.4 Å². The number of pyridine rings is 1. The fourth-order valence-electron chi connectivity index (χ4n) is 1.98. The summed E-state index contributed by atoms with van der Waals surface area (Å²) in [5.41, 5.74) is 3.04. The Balaban J connectivity index is 0.00000400. The second kappa shape index (κ2) is 9.81. The van der Waals surface area contributed by atoms with Gasteiger partial charge >= 0.3 is 0 Å². The van der Waals surface area contributed by atoms with Crippen LogP contribution in [-0.4, -0.2) is 30.6 Å². The summed E-state index contributed by atoms with van der Waals surface area (Å²) < 4.78 is 5.42. The molecule has 120 valence electrons. The Morgan fingerprint density at radius 2 is 2.05 bits per heavy atom. The highest BCUT2D eigenvalue weighted by Gasteiger charge is 2.09. The van der Waals surface area contributed by atoms with Crippen molar-refractivity contribution in [3.63, 3.8) is 0 Å². The Morgan fingerprint density at radius 3 is 2.57 bits per heavy atom. The molecule has 0 amide bonds. The summed E-state index contributed by atoms with van der Waals surface area (Å²) in [5.74, 6) is 1.70. The van der Waals surface area contributed by atoms with E-state index >= 15 is 0 Å². The number of halogens is 1. The third-order valence-corrected chi connectivity index (χ3v) is 2.91. The van der Waals surface area contributed by atoms with Gasteiger partial charge < -0.3 is 15.4 Å². The third kappa shape index (κ3) is 6.07. The molecule has 1 aromatic heterocycles. The number of nitrogens with zero attached hydrogens (tertiary/aromatic N) is 2. The van der Waals surface area contributed by atoms with Crippen molar-refractivity contribution in [2.45, 2.75) is 47.2 Å². The van der Waals surface area contributed by atoms with Crippen molar-refractivity contribution in [3.05, 3.63) is 23.0 Å². The summed E-state index contributed by atoms with van der Waals surface area (Å²) in [7, 11) is 1.69. The van der Waals surface area contributed by atoms with Crippen molar-refractivity contribution in [3.8, 4) is 5.75 Å². The predicted octanol–water partition coefficient (Wildman–Crippen LogP) is 2.79. The van der Waals surface area contributed by atoms with Gasteiger partial charge in [-0.25, -0.2) is 4.99 Å². The molecule has 0 unspecified atom stereocenters. The zero-order valence-electron chi connectivity index (χ0n) is 13.8. The lowest BCUT2D eigenvalue weighted by atomic mass is 10.1. The van der Waals surface area contributed by atoms with Crippen LogP contribution in [0.1, 0.15) is 37.6 Å². The second-order valence-electron chi connectivity index (χ2n) is 5.04. The van der Waals surface area contributed by atoms with Crippen LogP contribution in [0.3, 0.4) is 0 Å². The molecule has 0 bridgehead atoms. The van der Waals surface area contributed by atoms with Gasteiger partial charge in [0.1, 0.15) is 5.75 Å². The summed E-state index contributed by atoms with van der Waals surface area (Å²) >= 11 is 0. The topological polar surface area (TPSA) is 58.5 Å². The molecule has 0 radical (unpaired) electrons. The van der Waals surface area contributed by atoms with Gasteiger partial charge in [0, 0.05) is 29.9 Å². The highest BCUT2D eigenvalue weighted by molar-refractivity contribution is 14.0. The van der Waals surface area contributed by atoms with Crippen molar-refractivity contribution in [2.24, 2.45) is 4.99 Å². The maximum atomic E-state index is 5.42. The highest BCUT2D eigenvalue weighted by atomic mass is 127. The number of guanidine groups is 1. The molecule has 1 aromatic rings. The fraction of sp³-hybridized carbons (Fsp3) is 0.600. The fourth-order valence-corrected chi connectivity index (χ4v) is 1.98. The van der Waals surface area contributed by atoms with Crippen LogP contribution in [0.5, 0.6) is 5.75 Å². The third-order valence-electron chi connectivity index (χ3n) is 2.91. The summed E-state index contributed by atoms with van der Waals surface area (Å²) in [6.45, 7) is 11.6. The number of aromatic nitrogens is 1. The van der Waals surface area contributed by atoms with E-state index < -0.39 is 0 Å². The number of ether oxygens (including phenoxy) is 1. The largest absolute Gasteiger partial charge is 0.496 e. The van der Waals surface area contributed by atoms with Crippen LogP contribution in [0, 0.1) is 13.8 Å². The Kier molecular flexibility index (Phi) is 9.32. The maximum absolute atomic E-state index is 5.42. The average molecular weight is 406 g/mol. The summed E-state index contributed by atoms with van der Waals surface area (Å²) in [4.78, 5) is 9.02. The van der Waals surface area contributed by atoms with Gasteiger partial charge in [0.25, 0.3) is 0 Å². The van der Waals surface area contributed by atoms with Gasteiger partial charge in [-0.05, 0) is 34.6 Å². The van der Waals surface area contributed by atoms with E-state index in [9.17, 15) is 0 Å². The molecule has 1 heterocycles. The quantitative estimate of drug-likeness (QED) is 0.449. The molecule has 0 aliphatic rings. The molecule has 0 fully saturated rings. The van der Waals surface area contributed by atoms with E-state index in [-0.39, 0.29) is 24.0 Å². The lowest BCUT2D eigenvalue weighted by Crippen LogP contribution is -2.41. The zero-order valence-corrected chi connectivity index (χ0v) is 16.1. The molecule has 0 atom stereocenters. The van der Waals surface area contributed by atoms with Crippen molar-refractivity contribution in [2.75, 3.05) is 13.7 Å². The highest BCUT2D eigenvalue weighted by Crippen LogP contribution is 2.24. The smallest absolute Gasteiger partial charge is 0.191 e. The molecule has 21 heavy (non-hydrogen) atoms. The van der Waals surface area contributed by atoms with Crippen LogP contribution in [-0.2, 0) is 6.54 Å². The molecule has 0 saturated carbocycles. The van der Waals surface area contributed by atoms with E-state index in [1.54, 1.807) is 7.11 Å². The van der Waals surface area contributed by atoms with E-state index in [2.05, 4.69) is 41.4 Å². The summed E-state index contributed by atoms with van der Waals surface area (Å²) in [5, 5.41) is 6.51. The van der Waals surface area contributed by atoms with Crippen molar-refractivity contribution < 1.29 is 4.74 Å². The number of hydrogen-bond acceptors (Lipinski definition) is 3. The van der Waals surface area contributed by atoms with E-state index in [1.165, 1.54) is 0 Å². The second-order valence-corrected chi connectivity index (χ2v) is 5.04. The van der Waals surface area contributed by atoms with Gasteiger partial charge in [-0.1, -0.05) is 0 Å². The van der Waals surface area contributed by atoms with E-state index in [0.717, 1.165) is 35.1 Å². The van der Waals surface area contributed by atoms with Crippen LogP contribution >= 0.6 is 24.0 Å². The number of rotatable bonds is 5. The summed E-state index contributed by atoms with van der Waals surface area (Å²) in [6.07, 6.45) is 1.83. The van der Waals surface area contributed by atoms with Gasteiger partial charge in [-0.3, -0.25) is 4.98 Å². The molecule has 0 aliphatic heterocycles. The Bertz CT molecular complexity index is 475. The summed E-state index contributed by atoms with van der Waals surface area (Å²) in [6, 6.07) is 0.342. The molecule has 2 N–H and O–H groups in total. The van der Waals surface area contributed by atoms with E-state index in [1.807, 2.05) is 20.0 Å². The molecule has 0 aromatic carbocycles. The first-order valence-electron chi connectivity index (χ1n) is 7.03. The molecule has 0 saturated heterocycles. The Morgan fingerprint density at radius 1 is 1.38 bits per heavy atom. The minimum absolute atomic E-state index is 0. The Hall–Kier alpha value is -1.05. The molecular weight excluding hydrogens is 379 g/mol. The average Bonchev–Trinajstić information content (AvgIpc) is 2.38. The lowest BCUT2D eigenvalue weighted by Gasteiger charge is -2.15. The van der Waals surface area contributed by atoms with Gasteiger partial charge in [0.15, 0.2) is 5.96 Å². The standard InChI is InChI=1S/C15H26N4O.HI/c1-7-16-15(19-10(2)3)18-9-13-12(5)14(20-6)11(4)8-17-13;/h8,10H,7,9H2,1-6H3,(H2,16,18,19);1H. The molecule has 1 rings (SSSR count). The molecule has 5 nitrogen and oxygen atoms in total. The van der Waals surface area contributed by atoms with E-state index in [4.69, 9.17) is 4.74 Å². The lowest BCUT2D eigenvalue weighted by molar-refractivity contribution is 0.407. The first-order valence-corrected chi connectivity index (χ1v) is 7.03. The normalized spacial score (nSPS) is 11.1. The van der Waals surface area contributed by atoms with Crippen molar-refractivity contribution in [1.29, 1.82) is 0 Å². The van der Waals surface area contributed by atoms with Crippen LogP contribution in [0.4, 0.5) is 0 Å². The van der Waals surface area contributed by atoms with Gasteiger partial charge in [-0.2, -0.15) is 0 Å².